The van der Waals surface area contributed by atoms with Crippen molar-refractivity contribution < 1.29 is 9.50 Å². The third kappa shape index (κ3) is 5.17. The van der Waals surface area contributed by atoms with E-state index in [2.05, 4.69) is 23.6 Å². The van der Waals surface area contributed by atoms with Gasteiger partial charge in [-0.3, -0.25) is 0 Å². The zero-order chi connectivity index (χ0) is 14.4. The molecule has 0 bridgehead atoms. The normalized spacial score (nSPS) is 11.4. The fourth-order valence-corrected chi connectivity index (χ4v) is 2.06. The lowest BCUT2D eigenvalue weighted by Crippen LogP contribution is -2.35. The molecule has 19 heavy (non-hydrogen) atoms. The largest absolute Gasteiger partial charge is 0.392 e. The number of aliphatic hydroxyl groups is 1. The first-order chi connectivity index (χ1) is 8.93. The Morgan fingerprint density at radius 3 is 2.42 bits per heavy atom. The summed E-state index contributed by atoms with van der Waals surface area (Å²) in [4.78, 5) is 4.34. The second-order valence-electron chi connectivity index (χ2n) is 5.57. The summed E-state index contributed by atoms with van der Waals surface area (Å²) in [5, 5.41) is 9.40. The first-order valence-electron chi connectivity index (χ1n) is 6.73. The molecular formula is C15H25FN2O. The van der Waals surface area contributed by atoms with Gasteiger partial charge in [0.15, 0.2) is 0 Å². The summed E-state index contributed by atoms with van der Waals surface area (Å²) < 4.78 is 13.2. The first-order valence-corrected chi connectivity index (χ1v) is 6.73. The van der Waals surface area contributed by atoms with Gasteiger partial charge in [-0.25, -0.2) is 4.39 Å². The highest BCUT2D eigenvalue weighted by molar-refractivity contribution is 5.53. The third-order valence-electron chi connectivity index (χ3n) is 2.96. The molecule has 0 amide bonds. The number of hydrogen-bond acceptors (Lipinski definition) is 3. The van der Waals surface area contributed by atoms with Crippen LogP contribution in [0.1, 0.15) is 19.4 Å². The summed E-state index contributed by atoms with van der Waals surface area (Å²) in [6.45, 7) is 6.87. The van der Waals surface area contributed by atoms with Crippen LogP contribution in [0.25, 0.3) is 0 Å². The van der Waals surface area contributed by atoms with Gasteiger partial charge in [0, 0.05) is 30.9 Å². The van der Waals surface area contributed by atoms with Crippen molar-refractivity contribution in [3.63, 3.8) is 0 Å². The van der Waals surface area contributed by atoms with Crippen LogP contribution in [0.4, 0.5) is 10.1 Å². The van der Waals surface area contributed by atoms with Crippen molar-refractivity contribution in [1.29, 1.82) is 0 Å². The lowest BCUT2D eigenvalue weighted by Gasteiger charge is -2.29. The molecule has 1 N–H and O–H groups in total. The monoisotopic (exact) mass is 268 g/mol. The second-order valence-corrected chi connectivity index (χ2v) is 5.57. The van der Waals surface area contributed by atoms with Crippen molar-refractivity contribution in [3.8, 4) is 0 Å². The molecular weight excluding hydrogens is 243 g/mol. The van der Waals surface area contributed by atoms with Gasteiger partial charge in [0.1, 0.15) is 5.82 Å². The summed E-state index contributed by atoms with van der Waals surface area (Å²) in [6, 6.07) is 4.63. The molecule has 0 saturated heterocycles. The smallest absolute Gasteiger partial charge is 0.123 e. The maximum absolute atomic E-state index is 13.2. The van der Waals surface area contributed by atoms with Gasteiger partial charge in [-0.1, -0.05) is 13.8 Å². The minimum absolute atomic E-state index is 0.135. The molecule has 0 atom stereocenters. The Morgan fingerprint density at radius 2 is 1.89 bits per heavy atom. The van der Waals surface area contributed by atoms with Crippen LogP contribution in [-0.4, -0.2) is 43.7 Å². The molecule has 0 saturated carbocycles. The minimum Gasteiger partial charge on any atom is -0.392 e. The molecule has 0 heterocycles. The Bertz CT molecular complexity index is 394. The van der Waals surface area contributed by atoms with E-state index in [0.717, 1.165) is 25.3 Å². The van der Waals surface area contributed by atoms with E-state index in [0.29, 0.717) is 11.5 Å². The van der Waals surface area contributed by atoms with Crippen LogP contribution in [0.5, 0.6) is 0 Å². The molecule has 1 rings (SSSR count). The van der Waals surface area contributed by atoms with Gasteiger partial charge >= 0.3 is 0 Å². The van der Waals surface area contributed by atoms with Gasteiger partial charge in [0.05, 0.1) is 6.61 Å². The highest BCUT2D eigenvalue weighted by atomic mass is 19.1. The average molecular weight is 268 g/mol. The van der Waals surface area contributed by atoms with E-state index in [9.17, 15) is 9.50 Å². The SMILES string of the molecule is CC(C)CN(CCN(C)C)c1ccc(F)cc1CO. The van der Waals surface area contributed by atoms with E-state index in [1.807, 2.05) is 14.1 Å². The number of hydrogen-bond donors (Lipinski definition) is 1. The van der Waals surface area contributed by atoms with E-state index < -0.39 is 0 Å². The number of nitrogens with zero attached hydrogens (tertiary/aromatic N) is 2. The van der Waals surface area contributed by atoms with Crippen molar-refractivity contribution in [2.24, 2.45) is 5.92 Å². The Kier molecular flexibility index (Phi) is 6.25. The Hall–Kier alpha value is -1.13. The molecule has 0 radical (unpaired) electrons. The van der Waals surface area contributed by atoms with Crippen LogP contribution in [-0.2, 0) is 6.61 Å². The van der Waals surface area contributed by atoms with Gasteiger partial charge in [-0.15, -0.1) is 0 Å². The maximum atomic E-state index is 13.2. The number of anilines is 1. The lowest BCUT2D eigenvalue weighted by molar-refractivity contribution is 0.281. The highest BCUT2D eigenvalue weighted by Gasteiger charge is 2.13. The second kappa shape index (κ2) is 7.46. The fraction of sp³-hybridized carbons (Fsp3) is 0.600. The summed E-state index contributed by atoms with van der Waals surface area (Å²) in [5.41, 5.74) is 1.58. The molecule has 0 aliphatic rings. The van der Waals surface area contributed by atoms with Gasteiger partial charge < -0.3 is 14.9 Å². The van der Waals surface area contributed by atoms with Crippen molar-refractivity contribution in [1.82, 2.24) is 4.90 Å². The zero-order valence-corrected chi connectivity index (χ0v) is 12.4. The third-order valence-corrected chi connectivity index (χ3v) is 2.96. The van der Waals surface area contributed by atoms with Crippen LogP contribution < -0.4 is 4.90 Å². The molecule has 0 fully saturated rings. The number of rotatable bonds is 7. The van der Waals surface area contributed by atoms with E-state index in [-0.39, 0.29) is 12.4 Å². The minimum atomic E-state index is -0.301. The molecule has 4 heteroatoms. The summed E-state index contributed by atoms with van der Waals surface area (Å²) in [5.74, 6) is 0.212. The number of halogens is 1. The van der Waals surface area contributed by atoms with Gasteiger partial charge in [0.25, 0.3) is 0 Å². The quantitative estimate of drug-likeness (QED) is 0.822. The molecule has 0 aromatic heterocycles. The number of aliphatic hydroxyl groups excluding tert-OH is 1. The first kappa shape index (κ1) is 15.9. The predicted molar refractivity (Wildman–Crippen MR) is 77.9 cm³/mol. The van der Waals surface area contributed by atoms with Crippen LogP contribution in [0, 0.1) is 11.7 Å². The van der Waals surface area contributed by atoms with Crippen molar-refractivity contribution in [3.05, 3.63) is 29.6 Å². The summed E-state index contributed by atoms with van der Waals surface area (Å²) in [6.07, 6.45) is 0. The Morgan fingerprint density at radius 1 is 1.21 bits per heavy atom. The molecule has 0 aliphatic carbocycles. The lowest BCUT2D eigenvalue weighted by atomic mass is 10.1. The molecule has 1 aromatic rings. The van der Waals surface area contributed by atoms with Gasteiger partial charge in [-0.2, -0.15) is 0 Å². The van der Waals surface area contributed by atoms with Crippen LogP contribution >= 0.6 is 0 Å². The van der Waals surface area contributed by atoms with E-state index in [1.165, 1.54) is 12.1 Å². The van der Waals surface area contributed by atoms with Crippen LogP contribution in [0.15, 0.2) is 18.2 Å². The van der Waals surface area contributed by atoms with Crippen molar-refractivity contribution >= 4 is 5.69 Å². The maximum Gasteiger partial charge on any atom is 0.123 e. The van der Waals surface area contributed by atoms with Crippen molar-refractivity contribution in [2.75, 3.05) is 38.6 Å². The standard InChI is InChI=1S/C15H25FN2O/c1-12(2)10-18(8-7-17(3)4)15-6-5-14(16)9-13(15)11-19/h5-6,9,12,19H,7-8,10-11H2,1-4H3. The van der Waals surface area contributed by atoms with E-state index in [1.54, 1.807) is 6.07 Å². The van der Waals surface area contributed by atoms with Gasteiger partial charge in [-0.05, 0) is 38.2 Å². The van der Waals surface area contributed by atoms with Crippen LogP contribution in [0.2, 0.25) is 0 Å². The average Bonchev–Trinajstić information content (AvgIpc) is 2.33. The molecule has 108 valence electrons. The highest BCUT2D eigenvalue weighted by Crippen LogP contribution is 2.22. The fourth-order valence-electron chi connectivity index (χ4n) is 2.06. The topological polar surface area (TPSA) is 26.7 Å². The number of likely N-dealkylation sites (N-methyl/N-ethyl adjacent to an activating group) is 1. The van der Waals surface area contributed by atoms with E-state index in [4.69, 9.17) is 0 Å². The predicted octanol–water partition coefficient (Wildman–Crippen LogP) is 2.34. The molecule has 3 nitrogen and oxygen atoms in total. The zero-order valence-electron chi connectivity index (χ0n) is 12.4. The van der Waals surface area contributed by atoms with Crippen molar-refractivity contribution in [2.45, 2.75) is 20.5 Å². The number of benzene rings is 1. The Labute approximate surface area is 115 Å². The van der Waals surface area contributed by atoms with Gasteiger partial charge in [0.2, 0.25) is 0 Å². The summed E-state index contributed by atoms with van der Waals surface area (Å²) in [7, 11) is 4.07. The molecule has 0 aliphatic heterocycles. The van der Waals surface area contributed by atoms with Crippen LogP contribution in [0.3, 0.4) is 0 Å². The van der Waals surface area contributed by atoms with E-state index >= 15 is 0 Å². The molecule has 0 unspecified atom stereocenters. The molecule has 1 aromatic carbocycles. The Balaban J connectivity index is 2.95. The molecule has 0 spiro atoms. The summed E-state index contributed by atoms with van der Waals surface area (Å²) >= 11 is 0.